The highest BCUT2D eigenvalue weighted by atomic mass is 35.5. The number of benzene rings is 2. The summed E-state index contributed by atoms with van der Waals surface area (Å²) in [5.41, 5.74) is 2.23. The summed E-state index contributed by atoms with van der Waals surface area (Å²) in [7, 11) is 0. The van der Waals surface area contributed by atoms with Crippen LogP contribution in [0.3, 0.4) is 0 Å². The van der Waals surface area contributed by atoms with Crippen molar-refractivity contribution in [2.75, 3.05) is 13.1 Å². The molecule has 1 aliphatic rings. The zero-order chi connectivity index (χ0) is 19.5. The average molecular weight is 399 g/mol. The lowest BCUT2D eigenvalue weighted by Gasteiger charge is -2.17. The molecule has 28 heavy (non-hydrogen) atoms. The maximum atomic E-state index is 13.9. The first-order chi connectivity index (χ1) is 13.6. The molecule has 2 heterocycles. The summed E-state index contributed by atoms with van der Waals surface area (Å²) in [5.74, 6) is -0.360. The molecule has 1 amide bonds. The van der Waals surface area contributed by atoms with Gasteiger partial charge in [0.2, 0.25) is 5.91 Å². The summed E-state index contributed by atoms with van der Waals surface area (Å²) < 4.78 is 15.7. The fourth-order valence-electron chi connectivity index (χ4n) is 3.54. The predicted molar refractivity (Wildman–Crippen MR) is 105 cm³/mol. The van der Waals surface area contributed by atoms with Gasteiger partial charge in [-0.05, 0) is 25.0 Å². The quantitative estimate of drug-likeness (QED) is 0.649. The summed E-state index contributed by atoms with van der Waals surface area (Å²) in [6.07, 6.45) is 3.28. The first-order valence-corrected chi connectivity index (χ1v) is 9.67. The van der Waals surface area contributed by atoms with Gasteiger partial charge in [0, 0.05) is 35.7 Å². The van der Waals surface area contributed by atoms with Gasteiger partial charge in [-0.2, -0.15) is 0 Å². The highest BCUT2D eigenvalue weighted by Crippen LogP contribution is 2.25. The molecule has 0 N–H and O–H groups in total. The first-order valence-electron chi connectivity index (χ1n) is 9.30. The molecule has 1 saturated heterocycles. The molecule has 0 spiro atoms. The van der Waals surface area contributed by atoms with E-state index in [0.717, 1.165) is 17.7 Å². The zero-order valence-corrected chi connectivity index (χ0v) is 16.0. The van der Waals surface area contributed by atoms with Crippen LogP contribution in [-0.2, 0) is 11.2 Å². The summed E-state index contributed by atoms with van der Waals surface area (Å²) in [4.78, 5) is 14.4. The molecular formula is C21H20ClFN4O. The van der Waals surface area contributed by atoms with E-state index in [2.05, 4.69) is 10.3 Å². The lowest BCUT2D eigenvalue weighted by atomic mass is 10.1. The van der Waals surface area contributed by atoms with Crippen LogP contribution in [0.25, 0.3) is 11.3 Å². The Kier molecular flexibility index (Phi) is 5.39. The Morgan fingerprint density at radius 1 is 1.18 bits per heavy atom. The van der Waals surface area contributed by atoms with Gasteiger partial charge < -0.3 is 4.90 Å². The number of halogens is 2. The molecule has 0 bridgehead atoms. The van der Waals surface area contributed by atoms with Crippen molar-refractivity contribution < 1.29 is 9.18 Å². The van der Waals surface area contributed by atoms with Gasteiger partial charge in [0.25, 0.3) is 0 Å². The Morgan fingerprint density at radius 2 is 2.00 bits per heavy atom. The topological polar surface area (TPSA) is 51.0 Å². The van der Waals surface area contributed by atoms with E-state index in [-0.39, 0.29) is 24.2 Å². The van der Waals surface area contributed by atoms with Crippen molar-refractivity contribution in [3.63, 3.8) is 0 Å². The van der Waals surface area contributed by atoms with Gasteiger partial charge in [-0.3, -0.25) is 4.79 Å². The largest absolute Gasteiger partial charge is 0.340 e. The normalized spacial score (nSPS) is 16.5. The van der Waals surface area contributed by atoms with Crippen LogP contribution in [0.1, 0.15) is 24.4 Å². The molecule has 0 aliphatic carbocycles. The molecule has 7 heteroatoms. The third-order valence-corrected chi connectivity index (χ3v) is 5.47. The van der Waals surface area contributed by atoms with E-state index in [1.165, 1.54) is 6.07 Å². The third-order valence-electron chi connectivity index (χ3n) is 5.12. The molecule has 144 valence electrons. The van der Waals surface area contributed by atoms with E-state index in [0.29, 0.717) is 30.1 Å². The van der Waals surface area contributed by atoms with Crippen molar-refractivity contribution in [1.82, 2.24) is 19.9 Å². The van der Waals surface area contributed by atoms with Gasteiger partial charge in [-0.1, -0.05) is 53.2 Å². The van der Waals surface area contributed by atoms with Crippen molar-refractivity contribution in [3.8, 4) is 11.3 Å². The first kappa shape index (κ1) is 18.6. The fourth-order valence-corrected chi connectivity index (χ4v) is 3.80. The Hall–Kier alpha value is -2.73. The predicted octanol–water partition coefficient (Wildman–Crippen LogP) is 4.14. The molecule has 5 nitrogen and oxygen atoms in total. The molecule has 0 saturated carbocycles. The van der Waals surface area contributed by atoms with E-state index in [1.54, 1.807) is 12.1 Å². The van der Waals surface area contributed by atoms with Crippen LogP contribution in [0.4, 0.5) is 4.39 Å². The van der Waals surface area contributed by atoms with E-state index in [1.807, 2.05) is 46.1 Å². The number of hydrogen-bond donors (Lipinski definition) is 0. The monoisotopic (exact) mass is 398 g/mol. The van der Waals surface area contributed by atoms with Crippen LogP contribution in [0, 0.1) is 5.82 Å². The Labute approximate surface area is 167 Å². The van der Waals surface area contributed by atoms with Crippen LogP contribution < -0.4 is 0 Å². The van der Waals surface area contributed by atoms with Crippen molar-refractivity contribution >= 4 is 17.5 Å². The van der Waals surface area contributed by atoms with Crippen LogP contribution in [0.15, 0.2) is 54.7 Å². The number of likely N-dealkylation sites (tertiary alicyclic amines) is 1. The number of nitrogens with zero attached hydrogens (tertiary/aromatic N) is 4. The maximum Gasteiger partial charge on any atom is 0.222 e. The van der Waals surface area contributed by atoms with E-state index in [4.69, 9.17) is 11.6 Å². The van der Waals surface area contributed by atoms with E-state index in [9.17, 15) is 9.18 Å². The smallest absolute Gasteiger partial charge is 0.222 e. The van der Waals surface area contributed by atoms with Crippen molar-refractivity contribution in [3.05, 3.63) is 71.1 Å². The van der Waals surface area contributed by atoms with Crippen LogP contribution >= 0.6 is 11.6 Å². The van der Waals surface area contributed by atoms with Gasteiger partial charge in [0.15, 0.2) is 0 Å². The number of hydrogen-bond acceptors (Lipinski definition) is 3. The molecule has 4 rings (SSSR count). The molecular weight excluding hydrogens is 379 g/mol. The number of carbonyl (C=O) groups excluding carboxylic acids is 1. The van der Waals surface area contributed by atoms with Gasteiger partial charge in [-0.15, -0.1) is 5.10 Å². The van der Waals surface area contributed by atoms with Crippen LogP contribution in [0.5, 0.6) is 0 Å². The Bertz CT molecular complexity index is 955. The number of amides is 1. The highest BCUT2D eigenvalue weighted by Gasteiger charge is 2.28. The molecule has 1 aromatic heterocycles. The average Bonchev–Trinajstić information content (AvgIpc) is 3.38. The summed E-state index contributed by atoms with van der Waals surface area (Å²) in [6, 6.07) is 14.6. The molecule has 1 fully saturated rings. The minimum absolute atomic E-state index is 0.00483. The Balaban J connectivity index is 1.36. The molecule has 3 aromatic rings. The maximum absolute atomic E-state index is 13.9. The van der Waals surface area contributed by atoms with Gasteiger partial charge in [-0.25, -0.2) is 9.07 Å². The number of carbonyl (C=O) groups is 1. The fraction of sp³-hybridized carbons (Fsp3) is 0.286. The van der Waals surface area contributed by atoms with Gasteiger partial charge >= 0.3 is 0 Å². The number of aromatic nitrogens is 3. The second-order valence-corrected chi connectivity index (χ2v) is 7.34. The lowest BCUT2D eigenvalue weighted by molar-refractivity contribution is -0.130. The molecule has 0 radical (unpaired) electrons. The standard InChI is InChI=1S/C21H20ClFN4O/c22-18-7-4-8-19(23)17(18)9-10-21(28)26-12-11-16(13-26)27-14-20(24-25-27)15-5-2-1-3-6-15/h1-8,14,16H,9-13H2. The van der Waals surface area contributed by atoms with Gasteiger partial charge in [0.05, 0.1) is 12.2 Å². The van der Waals surface area contributed by atoms with Gasteiger partial charge in [0.1, 0.15) is 11.5 Å². The molecule has 2 aromatic carbocycles. The molecule has 1 aliphatic heterocycles. The van der Waals surface area contributed by atoms with Crippen molar-refractivity contribution in [1.29, 1.82) is 0 Å². The summed E-state index contributed by atoms with van der Waals surface area (Å²) >= 11 is 6.05. The third kappa shape index (κ3) is 3.92. The minimum atomic E-state index is -0.365. The van der Waals surface area contributed by atoms with Crippen molar-refractivity contribution in [2.45, 2.75) is 25.3 Å². The second-order valence-electron chi connectivity index (χ2n) is 6.93. The zero-order valence-electron chi connectivity index (χ0n) is 15.3. The van der Waals surface area contributed by atoms with E-state index >= 15 is 0 Å². The lowest BCUT2D eigenvalue weighted by Crippen LogP contribution is -2.29. The van der Waals surface area contributed by atoms with Crippen LogP contribution in [0.2, 0.25) is 5.02 Å². The minimum Gasteiger partial charge on any atom is -0.340 e. The van der Waals surface area contributed by atoms with Crippen LogP contribution in [-0.4, -0.2) is 38.9 Å². The number of rotatable bonds is 5. The Morgan fingerprint density at radius 3 is 2.79 bits per heavy atom. The van der Waals surface area contributed by atoms with Crippen molar-refractivity contribution in [2.24, 2.45) is 0 Å². The SMILES string of the molecule is O=C(CCc1c(F)cccc1Cl)N1CCC(n2cc(-c3ccccc3)nn2)C1. The summed E-state index contributed by atoms with van der Waals surface area (Å²) in [5, 5.41) is 8.86. The second kappa shape index (κ2) is 8.10. The summed E-state index contributed by atoms with van der Waals surface area (Å²) in [6.45, 7) is 1.25. The molecule has 1 unspecified atom stereocenters. The highest BCUT2D eigenvalue weighted by molar-refractivity contribution is 6.31. The van der Waals surface area contributed by atoms with E-state index < -0.39 is 0 Å². The molecule has 1 atom stereocenters.